The van der Waals surface area contributed by atoms with Gasteiger partial charge in [0, 0.05) is 58.2 Å². The number of hydrogen-bond donors (Lipinski definition) is 0. The van der Waals surface area contributed by atoms with Gasteiger partial charge in [0.2, 0.25) is 0 Å². The van der Waals surface area contributed by atoms with Gasteiger partial charge in [-0.3, -0.25) is 4.57 Å². The lowest BCUT2D eigenvalue weighted by Gasteiger charge is -2.14. The van der Waals surface area contributed by atoms with Gasteiger partial charge in [-0.05, 0) is 70.9 Å². The average molecular weight is 769 g/mol. The number of benzene rings is 9. The highest BCUT2D eigenvalue weighted by Gasteiger charge is 2.23. The van der Waals surface area contributed by atoms with Gasteiger partial charge in [-0.15, -0.1) is 11.3 Å². The molecule has 4 heterocycles. The van der Waals surface area contributed by atoms with Crippen LogP contribution in [-0.4, -0.2) is 19.1 Å². The van der Waals surface area contributed by atoms with Crippen molar-refractivity contribution in [2.24, 2.45) is 0 Å². The highest BCUT2D eigenvalue weighted by molar-refractivity contribution is 7.26. The van der Waals surface area contributed by atoms with Crippen LogP contribution in [0.2, 0.25) is 0 Å². The predicted octanol–water partition coefficient (Wildman–Crippen LogP) is 14.7. The fourth-order valence-corrected chi connectivity index (χ4v) is 10.7. The number of aromatic nitrogens is 4. The number of fused-ring (bicyclic) bond motifs is 12. The summed E-state index contributed by atoms with van der Waals surface area (Å²) in [5, 5.41) is 10.8. The number of nitrogens with zero attached hydrogens (tertiary/aromatic N) is 4. The van der Waals surface area contributed by atoms with Crippen molar-refractivity contribution >= 4 is 96.8 Å². The monoisotopic (exact) mass is 768 g/mol. The van der Waals surface area contributed by atoms with Crippen LogP contribution >= 0.6 is 11.3 Å². The molecule has 4 nitrogen and oxygen atoms in total. The van der Waals surface area contributed by atoms with Gasteiger partial charge in [-0.25, -0.2) is 9.97 Å². The van der Waals surface area contributed by atoms with Crippen LogP contribution in [0.3, 0.4) is 0 Å². The van der Waals surface area contributed by atoms with Crippen molar-refractivity contribution in [3.05, 3.63) is 194 Å². The van der Waals surface area contributed by atoms with Gasteiger partial charge in [-0.2, -0.15) is 0 Å². The first-order chi connectivity index (χ1) is 29.3. The minimum atomic E-state index is 0.719. The lowest BCUT2D eigenvalue weighted by Crippen LogP contribution is -2.02. The third kappa shape index (κ3) is 4.71. The minimum Gasteiger partial charge on any atom is -0.309 e. The van der Waals surface area contributed by atoms with E-state index in [4.69, 9.17) is 9.97 Å². The number of para-hydroxylation sites is 4. The smallest absolute Gasteiger partial charge is 0.162 e. The summed E-state index contributed by atoms with van der Waals surface area (Å²) in [6, 6.07) is 70.0. The van der Waals surface area contributed by atoms with Crippen molar-refractivity contribution < 1.29 is 0 Å². The molecule has 13 aromatic rings. The van der Waals surface area contributed by atoms with Gasteiger partial charge < -0.3 is 4.57 Å². The van der Waals surface area contributed by atoms with E-state index in [9.17, 15) is 0 Å². The summed E-state index contributed by atoms with van der Waals surface area (Å²) in [6.45, 7) is 0. The van der Waals surface area contributed by atoms with E-state index in [0.29, 0.717) is 0 Å². The third-order valence-electron chi connectivity index (χ3n) is 12.1. The Morgan fingerprint density at radius 3 is 1.93 bits per heavy atom. The molecule has 0 amide bonds. The zero-order chi connectivity index (χ0) is 38.6. The zero-order valence-electron chi connectivity index (χ0n) is 31.7. The van der Waals surface area contributed by atoms with Crippen LogP contribution in [0.15, 0.2) is 194 Å². The summed E-state index contributed by atoms with van der Waals surface area (Å²) in [4.78, 5) is 10.7. The molecule has 0 aliphatic heterocycles. The van der Waals surface area contributed by atoms with Crippen LogP contribution in [-0.2, 0) is 0 Å². The molecule has 0 saturated carbocycles. The van der Waals surface area contributed by atoms with Crippen LogP contribution in [0.4, 0.5) is 0 Å². The molecule has 274 valence electrons. The van der Waals surface area contributed by atoms with Crippen LogP contribution in [0.5, 0.6) is 0 Å². The van der Waals surface area contributed by atoms with E-state index in [2.05, 4.69) is 203 Å². The summed E-state index contributed by atoms with van der Waals surface area (Å²) in [5.41, 5.74) is 10.2. The second-order valence-corrected chi connectivity index (χ2v) is 16.4. The Balaban J connectivity index is 1.11. The van der Waals surface area contributed by atoms with Crippen molar-refractivity contribution in [3.63, 3.8) is 0 Å². The summed E-state index contributed by atoms with van der Waals surface area (Å²) < 4.78 is 7.37. The lowest BCUT2D eigenvalue weighted by molar-refractivity contribution is 1.08. The molecular weight excluding hydrogens is 737 g/mol. The standard InChI is InChI=1S/C54H32N4S/c1-2-15-34(16-3-1)36-20-7-11-26-44(36)57-45-27-12-8-21-37(45)41-31-42-50(32-48(41)57)59-49-30-29-47-51(52(42)49)40-23-9-13-28-46(40)58(47)54-39-22-6-10-25-43(39)55-53(56-54)38-24-14-18-33-17-4-5-19-35(33)38/h1-32H. The Labute approximate surface area is 342 Å². The number of rotatable bonds is 4. The molecule has 5 heteroatoms. The van der Waals surface area contributed by atoms with Gasteiger partial charge in [-0.1, -0.05) is 140 Å². The molecule has 0 bridgehead atoms. The molecule has 0 saturated heterocycles. The first kappa shape index (κ1) is 32.5. The normalized spacial score (nSPS) is 12.1. The quantitative estimate of drug-likeness (QED) is 0.179. The Morgan fingerprint density at radius 2 is 1.05 bits per heavy atom. The lowest BCUT2D eigenvalue weighted by atomic mass is 10.0. The van der Waals surface area contributed by atoms with Crippen LogP contribution in [0.1, 0.15) is 0 Å². The first-order valence-corrected chi connectivity index (χ1v) is 20.8. The maximum Gasteiger partial charge on any atom is 0.162 e. The van der Waals surface area contributed by atoms with Gasteiger partial charge in [0.05, 0.1) is 33.3 Å². The minimum absolute atomic E-state index is 0.719. The fraction of sp³-hybridized carbons (Fsp3) is 0. The zero-order valence-corrected chi connectivity index (χ0v) is 32.5. The summed E-state index contributed by atoms with van der Waals surface area (Å²) in [7, 11) is 0. The van der Waals surface area contributed by atoms with E-state index in [1.807, 2.05) is 11.3 Å². The van der Waals surface area contributed by atoms with E-state index < -0.39 is 0 Å². The maximum absolute atomic E-state index is 5.48. The predicted molar refractivity (Wildman–Crippen MR) is 249 cm³/mol. The molecule has 0 atom stereocenters. The number of thiophene rings is 1. The second-order valence-electron chi connectivity index (χ2n) is 15.3. The molecule has 9 aromatic carbocycles. The fourth-order valence-electron chi connectivity index (χ4n) is 9.58. The van der Waals surface area contributed by atoms with E-state index >= 15 is 0 Å². The molecule has 0 N–H and O–H groups in total. The van der Waals surface area contributed by atoms with Crippen molar-refractivity contribution in [2.75, 3.05) is 0 Å². The third-order valence-corrected chi connectivity index (χ3v) is 13.2. The van der Waals surface area contributed by atoms with E-state index in [1.165, 1.54) is 75.0 Å². The molecule has 0 spiro atoms. The Kier molecular flexibility index (Phi) is 6.85. The Hall–Kier alpha value is -7.60. The SMILES string of the molecule is c1ccc(-c2ccccc2-n2c3ccccc3c3cc4c(cc32)sc2ccc3c(c5ccccc5n3-c3nc(-c5cccc6ccccc56)nc5ccccc35)c24)cc1. The van der Waals surface area contributed by atoms with E-state index in [-0.39, 0.29) is 0 Å². The summed E-state index contributed by atoms with van der Waals surface area (Å²) >= 11 is 1.87. The van der Waals surface area contributed by atoms with Gasteiger partial charge in [0.15, 0.2) is 5.82 Å². The van der Waals surface area contributed by atoms with Crippen molar-refractivity contribution in [1.82, 2.24) is 19.1 Å². The molecular formula is C54H32N4S. The molecule has 0 unspecified atom stereocenters. The highest BCUT2D eigenvalue weighted by Crippen LogP contribution is 2.47. The average Bonchev–Trinajstić information content (AvgIpc) is 3.95. The van der Waals surface area contributed by atoms with Gasteiger partial charge in [0.25, 0.3) is 0 Å². The Bertz CT molecular complexity index is 3850. The summed E-state index contributed by atoms with van der Waals surface area (Å²) in [5.74, 6) is 1.60. The second kappa shape index (κ2) is 12.4. The maximum atomic E-state index is 5.48. The largest absolute Gasteiger partial charge is 0.309 e. The van der Waals surface area contributed by atoms with Gasteiger partial charge >= 0.3 is 0 Å². The Morgan fingerprint density at radius 1 is 0.373 bits per heavy atom. The topological polar surface area (TPSA) is 35.6 Å². The van der Waals surface area contributed by atoms with E-state index in [1.54, 1.807) is 0 Å². The molecule has 0 fully saturated rings. The van der Waals surface area contributed by atoms with Crippen molar-refractivity contribution in [1.29, 1.82) is 0 Å². The van der Waals surface area contributed by atoms with Crippen LogP contribution in [0.25, 0.3) is 119 Å². The molecule has 4 aromatic heterocycles. The summed E-state index contributed by atoms with van der Waals surface area (Å²) in [6.07, 6.45) is 0. The number of hydrogen-bond acceptors (Lipinski definition) is 3. The molecule has 0 radical (unpaired) electrons. The first-order valence-electron chi connectivity index (χ1n) is 20.0. The van der Waals surface area contributed by atoms with Crippen LogP contribution < -0.4 is 0 Å². The van der Waals surface area contributed by atoms with Crippen molar-refractivity contribution in [2.45, 2.75) is 0 Å². The highest BCUT2D eigenvalue weighted by atomic mass is 32.1. The molecule has 0 aliphatic rings. The van der Waals surface area contributed by atoms with Crippen molar-refractivity contribution in [3.8, 4) is 34.0 Å². The van der Waals surface area contributed by atoms with Crippen LogP contribution in [0, 0.1) is 0 Å². The molecule has 59 heavy (non-hydrogen) atoms. The molecule has 13 rings (SSSR count). The molecule has 0 aliphatic carbocycles. The van der Waals surface area contributed by atoms with E-state index in [0.717, 1.165) is 44.5 Å². The van der Waals surface area contributed by atoms with Gasteiger partial charge in [0.1, 0.15) is 5.82 Å².